The minimum atomic E-state index is 0.558. The van der Waals surface area contributed by atoms with Crippen molar-refractivity contribution >= 4 is 0 Å². The number of hydrogen-bond donors (Lipinski definition) is 1. The highest BCUT2D eigenvalue weighted by atomic mass is 15.1. The van der Waals surface area contributed by atoms with Crippen molar-refractivity contribution in [3.63, 3.8) is 0 Å². The summed E-state index contributed by atoms with van der Waals surface area (Å²) < 4.78 is 4.69. The van der Waals surface area contributed by atoms with Gasteiger partial charge in [-0.1, -0.05) is 13.8 Å². The standard InChI is InChI=1S/C18H28N4/c1-15(2)7-11-21-9-4-6-17(21)14-19-13-16-5-3-10-22-12-8-20-18(16)22/h4,6,8-9,12,15-16,19H,3,5,7,10-11,13-14H2,1-2H3/t16-/m1/s1. The minimum absolute atomic E-state index is 0.558. The van der Waals surface area contributed by atoms with E-state index in [-0.39, 0.29) is 0 Å². The van der Waals surface area contributed by atoms with Gasteiger partial charge in [-0.05, 0) is 37.3 Å². The summed E-state index contributed by atoms with van der Waals surface area (Å²) >= 11 is 0. The summed E-state index contributed by atoms with van der Waals surface area (Å²) in [5, 5.41) is 3.64. The average Bonchev–Trinajstić information content (AvgIpc) is 3.14. The van der Waals surface area contributed by atoms with Crippen molar-refractivity contribution in [2.75, 3.05) is 6.54 Å². The van der Waals surface area contributed by atoms with E-state index >= 15 is 0 Å². The number of imidazole rings is 1. The third kappa shape index (κ3) is 3.61. The maximum atomic E-state index is 4.54. The van der Waals surface area contributed by atoms with Gasteiger partial charge in [0.15, 0.2) is 0 Å². The van der Waals surface area contributed by atoms with Gasteiger partial charge >= 0.3 is 0 Å². The molecule has 0 radical (unpaired) electrons. The summed E-state index contributed by atoms with van der Waals surface area (Å²) in [6.45, 7) is 8.79. The molecule has 0 saturated carbocycles. The number of aryl methyl sites for hydroxylation is 2. The molecule has 4 heteroatoms. The van der Waals surface area contributed by atoms with Crippen LogP contribution in [-0.2, 0) is 19.6 Å². The lowest BCUT2D eigenvalue weighted by Crippen LogP contribution is -2.27. The first-order valence-corrected chi connectivity index (χ1v) is 8.60. The van der Waals surface area contributed by atoms with Crippen molar-refractivity contribution in [2.45, 2.75) is 58.7 Å². The van der Waals surface area contributed by atoms with Crippen molar-refractivity contribution in [2.24, 2.45) is 5.92 Å². The molecule has 1 N–H and O–H groups in total. The van der Waals surface area contributed by atoms with Crippen LogP contribution in [0.2, 0.25) is 0 Å². The molecule has 3 heterocycles. The Bertz CT molecular complexity index is 581. The first-order chi connectivity index (χ1) is 10.7. The van der Waals surface area contributed by atoms with Gasteiger partial charge in [0.1, 0.15) is 5.82 Å². The number of nitrogens with zero attached hydrogens (tertiary/aromatic N) is 3. The predicted molar refractivity (Wildman–Crippen MR) is 89.8 cm³/mol. The molecule has 3 rings (SSSR count). The topological polar surface area (TPSA) is 34.8 Å². The van der Waals surface area contributed by atoms with E-state index in [4.69, 9.17) is 0 Å². The van der Waals surface area contributed by atoms with Crippen LogP contribution >= 0.6 is 0 Å². The van der Waals surface area contributed by atoms with Crippen LogP contribution < -0.4 is 5.32 Å². The maximum Gasteiger partial charge on any atom is 0.113 e. The Balaban J connectivity index is 1.51. The van der Waals surface area contributed by atoms with E-state index < -0.39 is 0 Å². The van der Waals surface area contributed by atoms with Gasteiger partial charge in [0, 0.05) is 56.4 Å². The number of rotatable bonds is 7. The molecule has 2 aromatic rings. The van der Waals surface area contributed by atoms with Gasteiger partial charge in [0.2, 0.25) is 0 Å². The van der Waals surface area contributed by atoms with Crippen LogP contribution in [-0.4, -0.2) is 20.7 Å². The van der Waals surface area contributed by atoms with Gasteiger partial charge in [-0.3, -0.25) is 0 Å². The molecule has 22 heavy (non-hydrogen) atoms. The molecule has 0 unspecified atom stereocenters. The Morgan fingerprint density at radius 1 is 1.36 bits per heavy atom. The lowest BCUT2D eigenvalue weighted by molar-refractivity contribution is 0.419. The van der Waals surface area contributed by atoms with Gasteiger partial charge in [-0.25, -0.2) is 4.98 Å². The zero-order chi connectivity index (χ0) is 15.4. The van der Waals surface area contributed by atoms with Gasteiger partial charge < -0.3 is 14.5 Å². The summed E-state index contributed by atoms with van der Waals surface area (Å²) in [5.74, 6) is 2.57. The fourth-order valence-corrected chi connectivity index (χ4v) is 3.30. The fourth-order valence-electron chi connectivity index (χ4n) is 3.30. The average molecular weight is 300 g/mol. The number of nitrogens with one attached hydrogen (secondary N) is 1. The van der Waals surface area contributed by atoms with E-state index in [1.165, 1.54) is 30.8 Å². The van der Waals surface area contributed by atoms with Crippen LogP contribution in [0.4, 0.5) is 0 Å². The Morgan fingerprint density at radius 2 is 2.27 bits per heavy atom. The van der Waals surface area contributed by atoms with Gasteiger partial charge in [0.25, 0.3) is 0 Å². The maximum absolute atomic E-state index is 4.54. The van der Waals surface area contributed by atoms with Gasteiger partial charge in [0.05, 0.1) is 0 Å². The summed E-state index contributed by atoms with van der Waals surface area (Å²) in [5.41, 5.74) is 1.39. The zero-order valence-electron chi connectivity index (χ0n) is 13.8. The van der Waals surface area contributed by atoms with Crippen molar-refractivity contribution in [1.82, 2.24) is 19.4 Å². The van der Waals surface area contributed by atoms with Crippen LogP contribution in [0.25, 0.3) is 0 Å². The molecule has 1 aliphatic heterocycles. The predicted octanol–water partition coefficient (Wildman–Crippen LogP) is 3.40. The number of fused-ring (bicyclic) bond motifs is 1. The molecule has 0 spiro atoms. The summed E-state index contributed by atoms with van der Waals surface area (Å²) in [6, 6.07) is 4.39. The van der Waals surface area contributed by atoms with E-state index in [2.05, 4.69) is 57.8 Å². The van der Waals surface area contributed by atoms with Gasteiger partial charge in [-0.15, -0.1) is 0 Å². The second kappa shape index (κ2) is 7.14. The second-order valence-corrected chi connectivity index (χ2v) is 6.82. The van der Waals surface area contributed by atoms with Crippen molar-refractivity contribution < 1.29 is 0 Å². The zero-order valence-corrected chi connectivity index (χ0v) is 13.8. The normalized spacial score (nSPS) is 17.9. The molecule has 0 amide bonds. The number of hydrogen-bond acceptors (Lipinski definition) is 2. The summed E-state index contributed by atoms with van der Waals surface area (Å²) in [6.07, 6.45) is 10.00. The molecule has 1 atom stereocenters. The lowest BCUT2D eigenvalue weighted by atomic mass is 9.99. The highest BCUT2D eigenvalue weighted by Gasteiger charge is 2.20. The van der Waals surface area contributed by atoms with E-state index in [1.807, 2.05) is 6.20 Å². The molecule has 2 aromatic heterocycles. The fraction of sp³-hybridized carbons (Fsp3) is 0.611. The summed E-state index contributed by atoms with van der Waals surface area (Å²) in [4.78, 5) is 4.54. The summed E-state index contributed by atoms with van der Waals surface area (Å²) in [7, 11) is 0. The van der Waals surface area contributed by atoms with E-state index in [0.717, 1.165) is 32.1 Å². The molecular formula is C18H28N4. The van der Waals surface area contributed by atoms with E-state index in [9.17, 15) is 0 Å². The van der Waals surface area contributed by atoms with Crippen molar-refractivity contribution in [3.05, 3.63) is 42.2 Å². The van der Waals surface area contributed by atoms with Crippen molar-refractivity contribution in [1.29, 1.82) is 0 Å². The quantitative estimate of drug-likeness (QED) is 0.850. The third-order valence-electron chi connectivity index (χ3n) is 4.63. The first kappa shape index (κ1) is 15.3. The molecule has 1 aliphatic rings. The lowest BCUT2D eigenvalue weighted by Gasteiger charge is -2.23. The Kier molecular flexibility index (Phi) is 4.98. The molecule has 4 nitrogen and oxygen atoms in total. The van der Waals surface area contributed by atoms with Gasteiger partial charge in [-0.2, -0.15) is 0 Å². The van der Waals surface area contributed by atoms with Crippen LogP contribution in [0.3, 0.4) is 0 Å². The van der Waals surface area contributed by atoms with Crippen LogP contribution in [0.5, 0.6) is 0 Å². The van der Waals surface area contributed by atoms with Crippen LogP contribution in [0.1, 0.15) is 50.5 Å². The molecule has 0 saturated heterocycles. The highest BCUT2D eigenvalue weighted by Crippen LogP contribution is 2.24. The van der Waals surface area contributed by atoms with Crippen LogP contribution in [0.15, 0.2) is 30.7 Å². The Hall–Kier alpha value is -1.55. The smallest absolute Gasteiger partial charge is 0.113 e. The Morgan fingerprint density at radius 3 is 3.14 bits per heavy atom. The number of aromatic nitrogens is 3. The molecular weight excluding hydrogens is 272 g/mol. The monoisotopic (exact) mass is 300 g/mol. The Labute approximate surface area is 133 Å². The minimum Gasteiger partial charge on any atom is -0.350 e. The second-order valence-electron chi connectivity index (χ2n) is 6.82. The van der Waals surface area contributed by atoms with Crippen LogP contribution in [0, 0.1) is 5.92 Å². The van der Waals surface area contributed by atoms with Crippen molar-refractivity contribution in [3.8, 4) is 0 Å². The molecule has 120 valence electrons. The first-order valence-electron chi connectivity index (χ1n) is 8.60. The highest BCUT2D eigenvalue weighted by molar-refractivity contribution is 5.08. The molecule has 0 bridgehead atoms. The molecule has 0 fully saturated rings. The molecule has 0 aromatic carbocycles. The SMILES string of the molecule is CC(C)CCn1cccc1CNC[C@H]1CCCn2ccnc21. The third-order valence-corrected chi connectivity index (χ3v) is 4.63. The van der Waals surface area contributed by atoms with E-state index in [1.54, 1.807) is 0 Å². The van der Waals surface area contributed by atoms with E-state index in [0.29, 0.717) is 5.92 Å². The largest absolute Gasteiger partial charge is 0.350 e. The molecule has 0 aliphatic carbocycles.